The van der Waals surface area contributed by atoms with Crippen LogP contribution >= 0.6 is 24.0 Å². The number of amides is 1. The number of hydrogen-bond acceptors (Lipinski definition) is 2. The number of hydrogen-bond donors (Lipinski definition) is 2. The van der Waals surface area contributed by atoms with Crippen molar-refractivity contribution in [2.24, 2.45) is 22.1 Å². The Hall–Kier alpha value is -0.530. The van der Waals surface area contributed by atoms with Crippen molar-refractivity contribution in [1.82, 2.24) is 10.2 Å². The topological polar surface area (TPSA) is 70.7 Å². The van der Waals surface area contributed by atoms with Crippen LogP contribution in [0.1, 0.15) is 46.0 Å². The lowest BCUT2D eigenvalue weighted by Gasteiger charge is -2.29. The lowest BCUT2D eigenvalue weighted by atomic mass is 9.85. The molecule has 0 aromatic carbocycles. The first kappa shape index (κ1) is 20.5. The van der Waals surface area contributed by atoms with E-state index in [1.807, 2.05) is 14.1 Å². The highest BCUT2D eigenvalue weighted by atomic mass is 127. The van der Waals surface area contributed by atoms with Gasteiger partial charge in [0.2, 0.25) is 5.91 Å². The maximum atomic E-state index is 12.4. The van der Waals surface area contributed by atoms with Crippen LogP contribution in [0, 0.1) is 11.3 Å². The molecular weight excluding hydrogens is 379 g/mol. The number of nitrogens with one attached hydrogen (secondary N) is 1. The summed E-state index contributed by atoms with van der Waals surface area (Å²) in [5, 5.41) is 3.13. The van der Waals surface area contributed by atoms with Crippen LogP contribution in [0.25, 0.3) is 0 Å². The van der Waals surface area contributed by atoms with Gasteiger partial charge in [0.05, 0.1) is 12.0 Å². The van der Waals surface area contributed by atoms with Gasteiger partial charge in [-0.3, -0.25) is 9.79 Å². The van der Waals surface area contributed by atoms with E-state index >= 15 is 0 Å². The third kappa shape index (κ3) is 6.40. The second-order valence-corrected chi connectivity index (χ2v) is 6.50. The van der Waals surface area contributed by atoms with E-state index in [4.69, 9.17) is 5.73 Å². The third-order valence-electron chi connectivity index (χ3n) is 4.00. The molecule has 124 valence electrons. The normalized spacial score (nSPS) is 17.5. The number of rotatable bonds is 6. The highest BCUT2D eigenvalue weighted by Gasteiger charge is 2.41. The van der Waals surface area contributed by atoms with Gasteiger partial charge in [-0.25, -0.2) is 0 Å². The SMILES string of the molecule is CC(C)CCNC(N)=NCC1(C(=O)N(C)C)CCCC1.I. The lowest BCUT2D eigenvalue weighted by Crippen LogP contribution is -2.42. The zero-order valence-electron chi connectivity index (χ0n) is 13.8. The Balaban J connectivity index is 0.00000400. The van der Waals surface area contributed by atoms with E-state index in [1.54, 1.807) is 4.90 Å². The van der Waals surface area contributed by atoms with Gasteiger partial charge in [-0.05, 0) is 25.2 Å². The molecule has 0 aromatic heterocycles. The van der Waals surface area contributed by atoms with Gasteiger partial charge < -0.3 is 16.0 Å². The summed E-state index contributed by atoms with van der Waals surface area (Å²) in [4.78, 5) is 18.5. The molecule has 0 radical (unpaired) electrons. The van der Waals surface area contributed by atoms with E-state index in [1.165, 1.54) is 0 Å². The molecule has 0 heterocycles. The molecule has 5 nitrogen and oxygen atoms in total. The summed E-state index contributed by atoms with van der Waals surface area (Å²) in [6.07, 6.45) is 5.13. The molecule has 0 spiro atoms. The maximum Gasteiger partial charge on any atom is 0.230 e. The lowest BCUT2D eigenvalue weighted by molar-refractivity contribution is -0.138. The zero-order chi connectivity index (χ0) is 15.2. The molecule has 0 aromatic rings. The van der Waals surface area contributed by atoms with Gasteiger partial charge in [0.25, 0.3) is 0 Å². The molecule has 0 saturated heterocycles. The number of carbonyl (C=O) groups excluding carboxylic acids is 1. The van der Waals surface area contributed by atoms with Crippen molar-refractivity contribution in [3.63, 3.8) is 0 Å². The van der Waals surface area contributed by atoms with E-state index < -0.39 is 0 Å². The summed E-state index contributed by atoms with van der Waals surface area (Å²) in [6, 6.07) is 0. The second-order valence-electron chi connectivity index (χ2n) is 6.50. The smallest absolute Gasteiger partial charge is 0.230 e. The molecule has 0 atom stereocenters. The number of guanidine groups is 1. The van der Waals surface area contributed by atoms with Gasteiger partial charge in [-0.15, -0.1) is 24.0 Å². The number of nitrogens with zero attached hydrogens (tertiary/aromatic N) is 2. The third-order valence-corrected chi connectivity index (χ3v) is 4.00. The summed E-state index contributed by atoms with van der Waals surface area (Å²) >= 11 is 0. The molecule has 1 amide bonds. The van der Waals surface area contributed by atoms with Crippen LogP contribution < -0.4 is 11.1 Å². The first-order valence-electron chi connectivity index (χ1n) is 7.63. The van der Waals surface area contributed by atoms with Crippen LogP contribution in [0.15, 0.2) is 4.99 Å². The molecule has 1 fully saturated rings. The van der Waals surface area contributed by atoms with E-state index in [0.717, 1.165) is 38.6 Å². The number of halogens is 1. The summed E-state index contributed by atoms with van der Waals surface area (Å²) in [5.41, 5.74) is 5.56. The standard InChI is InChI=1S/C15H30N4O.HI/c1-12(2)7-10-17-14(16)18-11-15(8-5-6-9-15)13(20)19(3)4;/h12H,5-11H2,1-4H3,(H3,16,17,18);1H. The Morgan fingerprint density at radius 1 is 1.33 bits per heavy atom. The van der Waals surface area contributed by atoms with Gasteiger partial charge in [0.15, 0.2) is 5.96 Å². The van der Waals surface area contributed by atoms with Crippen LogP contribution in [0.3, 0.4) is 0 Å². The average molecular weight is 410 g/mol. The highest BCUT2D eigenvalue weighted by Crippen LogP contribution is 2.39. The van der Waals surface area contributed by atoms with Gasteiger partial charge in [0, 0.05) is 20.6 Å². The fourth-order valence-electron chi connectivity index (χ4n) is 2.75. The van der Waals surface area contributed by atoms with Crippen LogP contribution in [0.4, 0.5) is 0 Å². The molecule has 0 bridgehead atoms. The molecule has 0 aliphatic heterocycles. The van der Waals surface area contributed by atoms with Crippen molar-refractivity contribution in [2.75, 3.05) is 27.2 Å². The first-order valence-corrected chi connectivity index (χ1v) is 7.63. The van der Waals surface area contributed by atoms with Crippen molar-refractivity contribution in [2.45, 2.75) is 46.0 Å². The van der Waals surface area contributed by atoms with Gasteiger partial charge in [0.1, 0.15) is 0 Å². The molecular formula is C15H31IN4O. The Kier molecular flexibility index (Phi) is 9.24. The molecule has 3 N–H and O–H groups in total. The first-order chi connectivity index (χ1) is 9.37. The molecule has 21 heavy (non-hydrogen) atoms. The summed E-state index contributed by atoms with van der Waals surface area (Å²) in [7, 11) is 3.63. The number of carbonyl (C=O) groups is 1. The average Bonchev–Trinajstić information content (AvgIpc) is 2.85. The van der Waals surface area contributed by atoms with Crippen LogP contribution in [-0.4, -0.2) is 44.0 Å². The van der Waals surface area contributed by atoms with Crippen LogP contribution in [-0.2, 0) is 4.79 Å². The Labute approximate surface area is 146 Å². The highest BCUT2D eigenvalue weighted by molar-refractivity contribution is 14.0. The van der Waals surface area contributed by atoms with E-state index in [0.29, 0.717) is 18.4 Å². The summed E-state index contributed by atoms with van der Waals surface area (Å²) in [6.45, 7) is 5.70. The molecule has 1 aliphatic carbocycles. The zero-order valence-corrected chi connectivity index (χ0v) is 16.1. The Morgan fingerprint density at radius 2 is 1.90 bits per heavy atom. The van der Waals surface area contributed by atoms with Crippen molar-refractivity contribution >= 4 is 35.8 Å². The summed E-state index contributed by atoms with van der Waals surface area (Å²) in [5.74, 6) is 1.30. The monoisotopic (exact) mass is 410 g/mol. The number of nitrogens with two attached hydrogens (primary N) is 1. The molecule has 1 rings (SSSR count). The maximum absolute atomic E-state index is 12.4. The largest absolute Gasteiger partial charge is 0.370 e. The summed E-state index contributed by atoms with van der Waals surface area (Å²) < 4.78 is 0. The Bertz CT molecular complexity index is 350. The molecule has 0 unspecified atom stereocenters. The van der Waals surface area contributed by atoms with Crippen molar-refractivity contribution < 1.29 is 4.79 Å². The quantitative estimate of drug-likeness (QED) is 0.401. The number of aliphatic imine (C=N–C) groups is 1. The fourth-order valence-corrected chi connectivity index (χ4v) is 2.75. The minimum atomic E-state index is -0.326. The van der Waals surface area contributed by atoms with Crippen LogP contribution in [0.2, 0.25) is 0 Å². The molecule has 6 heteroatoms. The van der Waals surface area contributed by atoms with Crippen molar-refractivity contribution in [3.05, 3.63) is 0 Å². The van der Waals surface area contributed by atoms with Crippen LogP contribution in [0.5, 0.6) is 0 Å². The van der Waals surface area contributed by atoms with Crippen molar-refractivity contribution in [1.29, 1.82) is 0 Å². The molecule has 1 aliphatic rings. The predicted octanol–water partition coefficient (Wildman–Crippen LogP) is 2.20. The minimum absolute atomic E-state index is 0. The predicted molar refractivity (Wildman–Crippen MR) is 99.0 cm³/mol. The van der Waals surface area contributed by atoms with Crippen molar-refractivity contribution in [3.8, 4) is 0 Å². The van der Waals surface area contributed by atoms with E-state index in [2.05, 4.69) is 24.2 Å². The van der Waals surface area contributed by atoms with E-state index in [-0.39, 0.29) is 35.3 Å². The molecule has 1 saturated carbocycles. The minimum Gasteiger partial charge on any atom is -0.370 e. The van der Waals surface area contributed by atoms with Gasteiger partial charge in [-0.2, -0.15) is 0 Å². The second kappa shape index (κ2) is 9.48. The van der Waals surface area contributed by atoms with E-state index in [9.17, 15) is 4.79 Å². The van der Waals surface area contributed by atoms with Gasteiger partial charge >= 0.3 is 0 Å². The Morgan fingerprint density at radius 3 is 2.38 bits per heavy atom. The fraction of sp³-hybridized carbons (Fsp3) is 0.867. The van der Waals surface area contributed by atoms with Gasteiger partial charge in [-0.1, -0.05) is 26.7 Å².